The average Bonchev–Trinajstić information content (AvgIpc) is 4.09. The molecule has 2 aliphatic carbocycles. The van der Waals surface area contributed by atoms with E-state index in [1.165, 1.54) is 49.0 Å². The lowest BCUT2D eigenvalue weighted by atomic mass is 9.72. The molecule has 24 nitrogen and oxygen atoms in total. The first-order valence-electron chi connectivity index (χ1n) is 24.5. The van der Waals surface area contributed by atoms with Crippen molar-refractivity contribution in [2.45, 2.75) is 113 Å². The zero-order valence-corrected chi connectivity index (χ0v) is 40.8. The maximum absolute atomic E-state index is 14.1. The molecule has 396 valence electrons. The van der Waals surface area contributed by atoms with Crippen molar-refractivity contribution in [3.05, 3.63) is 51.6 Å². The number of nitrogens with one attached hydrogen (secondary N) is 3. The highest BCUT2D eigenvalue weighted by Gasteiger charge is 2.51. The van der Waals surface area contributed by atoms with Gasteiger partial charge in [-0.2, -0.15) is 0 Å². The monoisotopic (exact) mass is 1020 g/mol. The van der Waals surface area contributed by atoms with E-state index in [0.29, 0.717) is 45.6 Å². The molecule has 0 bridgehead atoms. The molecule has 4 aliphatic heterocycles. The van der Waals surface area contributed by atoms with Gasteiger partial charge < -0.3 is 70.1 Å². The molecule has 0 aromatic heterocycles. The summed E-state index contributed by atoms with van der Waals surface area (Å²) in [5, 5.41) is 64.3. The number of methoxy groups -OCH3 is 1. The number of rotatable bonds is 15. The van der Waals surface area contributed by atoms with Crippen LogP contribution in [0.25, 0.3) is 0 Å². The van der Waals surface area contributed by atoms with Gasteiger partial charge in [-0.1, -0.05) is 12.1 Å². The molecule has 2 aromatic rings. The Morgan fingerprint density at radius 3 is 2.30 bits per heavy atom. The van der Waals surface area contributed by atoms with Crippen molar-refractivity contribution in [3.8, 4) is 17.2 Å². The normalized spacial score (nSPS) is 27.3. The Morgan fingerprint density at radius 1 is 0.918 bits per heavy atom. The van der Waals surface area contributed by atoms with E-state index in [1.54, 1.807) is 0 Å². The minimum Gasteiger partial charge on any atom is -0.507 e. The molecule has 0 radical (unpaired) electrons. The number of phenolic OH excluding ortho intramolecular Hbond substituents is 2. The number of benzene rings is 2. The van der Waals surface area contributed by atoms with Crippen LogP contribution >= 0.6 is 0 Å². The molecule has 6 aliphatic rings. The van der Waals surface area contributed by atoms with Gasteiger partial charge in [0.05, 0.1) is 61.8 Å². The molecule has 2 aromatic carbocycles. The number of likely N-dealkylation sites (tertiary alicyclic amines) is 2. The van der Waals surface area contributed by atoms with Crippen molar-refractivity contribution in [1.29, 1.82) is 0 Å². The van der Waals surface area contributed by atoms with Crippen molar-refractivity contribution in [3.63, 3.8) is 0 Å². The third-order valence-electron chi connectivity index (χ3n) is 14.7. The van der Waals surface area contributed by atoms with Gasteiger partial charge in [-0.05, 0) is 45.6 Å². The fourth-order valence-electron chi connectivity index (χ4n) is 10.7. The van der Waals surface area contributed by atoms with Crippen LogP contribution in [0.1, 0.15) is 101 Å². The first-order valence-corrected chi connectivity index (χ1v) is 24.5. The number of aliphatic hydroxyl groups is 3. The summed E-state index contributed by atoms with van der Waals surface area (Å²) in [5.74, 6) is -6.80. The minimum absolute atomic E-state index is 0.0272. The Morgan fingerprint density at radius 2 is 1.60 bits per heavy atom. The number of phenols is 2. The topological polar surface area (TPSA) is 330 Å². The number of Topliss-reactive ketones (excluding diaryl/α,β-unsaturated/α-hetero) is 1. The first kappa shape index (κ1) is 53.0. The third kappa shape index (κ3) is 10.6. The quantitative estimate of drug-likeness (QED) is 0.0821. The number of ketones is 3. The smallest absolute Gasteiger partial charge is 0.410 e. The summed E-state index contributed by atoms with van der Waals surface area (Å²) in [6.45, 7) is 5.11. The molecular formula is C49H62N6O18. The molecule has 24 heteroatoms. The second-order valence-electron chi connectivity index (χ2n) is 19.2. The van der Waals surface area contributed by atoms with Gasteiger partial charge in [0.15, 0.2) is 17.9 Å². The van der Waals surface area contributed by atoms with E-state index >= 15 is 0 Å². The molecule has 4 fully saturated rings. The van der Waals surface area contributed by atoms with Crippen molar-refractivity contribution in [2.75, 3.05) is 72.8 Å². The van der Waals surface area contributed by atoms with Crippen LogP contribution in [0.4, 0.5) is 4.79 Å². The lowest BCUT2D eigenvalue weighted by molar-refractivity contribution is -0.249. The fourth-order valence-corrected chi connectivity index (χ4v) is 10.7. The first-order chi connectivity index (χ1) is 34.9. The molecule has 4 saturated heterocycles. The van der Waals surface area contributed by atoms with Gasteiger partial charge in [-0.15, -0.1) is 0 Å². The molecular weight excluding hydrogens is 961 g/mol. The SMILES string of the molecule is COc1cccc2c1C(=O)c1c(O)c3c(c(O)c1C2=O)C[C@@](O)(C(=O)CO)C[C@@H]3O[C@@H]1C[C@H](NC(=O)[C@@H]2CCCN2C(=O)CNC(=O)[C@H](C)NC(=O)[C@@H]2CCCN2C(=O)OCCN2CCOCC2)[C@H](O)[C@H](C)O1. The summed E-state index contributed by atoms with van der Waals surface area (Å²) in [7, 11) is 1.29. The van der Waals surface area contributed by atoms with E-state index in [1.807, 2.05) is 0 Å². The maximum atomic E-state index is 14.1. The highest BCUT2D eigenvalue weighted by atomic mass is 16.7. The molecule has 8 N–H and O–H groups in total. The Balaban J connectivity index is 0.894. The van der Waals surface area contributed by atoms with Gasteiger partial charge >= 0.3 is 6.09 Å². The van der Waals surface area contributed by atoms with Crippen LogP contribution in [-0.2, 0) is 49.3 Å². The Kier molecular flexibility index (Phi) is 16.0. The lowest BCUT2D eigenvalue weighted by Crippen LogP contribution is -2.59. The standard InChI is InChI=1S/C49H62N6O18/c1-24(51-46(65)30-9-6-12-55(30)48(67)71-18-15-53-13-16-70-17-14-53)45(64)50-22-34(58)54-11-5-8-29(54)47(66)52-28-19-35(72-25(2)40(28)59)73-32-21-49(68,33(57)23-56)20-27-37(32)44(63)39-38(42(27)61)41(60)26-7-4-10-31(69-3)36(26)43(39)62/h4,7,10,24-25,28-30,32,35,40,56,59,61,63,68H,5-6,8-9,11-23H2,1-3H3,(H,50,64)(H,51,65)(H,52,66)/t24-,25-,28-,29-,30-,32-,35+,40+,49-/m0/s1. The van der Waals surface area contributed by atoms with Crippen molar-refractivity contribution >= 4 is 47.1 Å². The molecule has 0 unspecified atom stereocenters. The maximum Gasteiger partial charge on any atom is 0.410 e. The highest BCUT2D eigenvalue weighted by Crippen LogP contribution is 2.52. The molecule has 0 saturated carbocycles. The number of nitrogens with zero attached hydrogens (tertiary/aromatic N) is 3. The van der Waals surface area contributed by atoms with Gasteiger partial charge in [0, 0.05) is 68.7 Å². The van der Waals surface area contributed by atoms with Gasteiger partial charge in [0.2, 0.25) is 29.4 Å². The van der Waals surface area contributed by atoms with Crippen molar-refractivity contribution in [1.82, 2.24) is 30.7 Å². The zero-order valence-electron chi connectivity index (χ0n) is 40.8. The van der Waals surface area contributed by atoms with Gasteiger partial charge in [0.1, 0.15) is 60.3 Å². The minimum atomic E-state index is -2.41. The molecule has 73 heavy (non-hydrogen) atoms. The van der Waals surface area contributed by atoms with Crippen LogP contribution in [0, 0.1) is 0 Å². The summed E-state index contributed by atoms with van der Waals surface area (Å²) in [4.78, 5) is 113. The zero-order chi connectivity index (χ0) is 52.5. The number of aliphatic hydroxyl groups excluding tert-OH is 2. The van der Waals surface area contributed by atoms with Gasteiger partial charge in [-0.25, -0.2) is 4.79 Å². The number of hydrogen-bond acceptors (Lipinski definition) is 19. The van der Waals surface area contributed by atoms with Crippen LogP contribution in [0.5, 0.6) is 17.2 Å². The second-order valence-corrected chi connectivity index (χ2v) is 19.2. The fraction of sp³-hybridized carbons (Fsp3) is 0.592. The van der Waals surface area contributed by atoms with E-state index in [9.17, 15) is 63.9 Å². The van der Waals surface area contributed by atoms with E-state index in [4.69, 9.17) is 23.7 Å². The number of ether oxygens (including phenoxy) is 5. The van der Waals surface area contributed by atoms with Crippen molar-refractivity contribution in [2.24, 2.45) is 0 Å². The van der Waals surface area contributed by atoms with Crippen LogP contribution in [-0.4, -0.2) is 208 Å². The predicted molar refractivity (Wildman–Crippen MR) is 249 cm³/mol. The number of fused-ring (bicyclic) bond motifs is 3. The predicted octanol–water partition coefficient (Wildman–Crippen LogP) is -1.30. The summed E-state index contributed by atoms with van der Waals surface area (Å²) >= 11 is 0. The molecule has 8 rings (SSSR count). The van der Waals surface area contributed by atoms with E-state index in [0.717, 1.165) is 13.1 Å². The van der Waals surface area contributed by atoms with Crippen LogP contribution in [0.2, 0.25) is 0 Å². The van der Waals surface area contributed by atoms with E-state index in [2.05, 4.69) is 20.9 Å². The Labute approximate surface area is 419 Å². The number of amides is 5. The molecule has 0 spiro atoms. The van der Waals surface area contributed by atoms with Crippen LogP contribution < -0.4 is 20.7 Å². The average molecular weight is 1020 g/mol. The Bertz CT molecular complexity index is 2540. The Hall–Kier alpha value is -6.28. The number of aromatic hydroxyl groups is 2. The number of carbonyl (C=O) groups is 8. The number of morpholine rings is 1. The van der Waals surface area contributed by atoms with E-state index < -0.39 is 150 Å². The van der Waals surface area contributed by atoms with Gasteiger partial charge in [0.25, 0.3) is 0 Å². The van der Waals surface area contributed by atoms with Crippen LogP contribution in [0.15, 0.2) is 18.2 Å². The second kappa shape index (κ2) is 22.1. The van der Waals surface area contributed by atoms with Crippen LogP contribution in [0.3, 0.4) is 0 Å². The summed E-state index contributed by atoms with van der Waals surface area (Å²) in [6, 6.07) is 0.198. The molecule has 9 atom stereocenters. The van der Waals surface area contributed by atoms with Gasteiger partial charge in [-0.3, -0.25) is 43.4 Å². The summed E-state index contributed by atoms with van der Waals surface area (Å²) < 4.78 is 28.4. The summed E-state index contributed by atoms with van der Waals surface area (Å²) in [5.41, 5.74) is -4.38. The number of hydrogen-bond donors (Lipinski definition) is 8. The highest BCUT2D eigenvalue weighted by molar-refractivity contribution is 6.31. The molecule has 5 amide bonds. The third-order valence-corrected chi connectivity index (χ3v) is 14.7. The van der Waals surface area contributed by atoms with Crippen molar-refractivity contribution < 1.29 is 87.6 Å². The summed E-state index contributed by atoms with van der Waals surface area (Å²) in [6.07, 6.45) is -5.90. The molecule has 4 heterocycles. The largest absolute Gasteiger partial charge is 0.507 e. The van der Waals surface area contributed by atoms with E-state index in [-0.39, 0.29) is 54.0 Å². The number of carbonyl (C=O) groups excluding carboxylic acids is 8. The lowest BCUT2D eigenvalue weighted by Gasteiger charge is -2.43.